The van der Waals surface area contributed by atoms with Crippen LogP contribution in [0.4, 0.5) is 0 Å². The van der Waals surface area contributed by atoms with Crippen LogP contribution >= 0.6 is 11.8 Å². The minimum Gasteiger partial charge on any atom is -0.427 e. The van der Waals surface area contributed by atoms with E-state index in [0.717, 1.165) is 40.6 Å². The maximum Gasteiger partial charge on any atom is 0.311 e. The van der Waals surface area contributed by atoms with Crippen LogP contribution in [0, 0.1) is 11.3 Å². The van der Waals surface area contributed by atoms with E-state index >= 15 is 0 Å². The van der Waals surface area contributed by atoms with Gasteiger partial charge >= 0.3 is 5.97 Å². The average molecular weight is 472 g/mol. The average Bonchev–Trinajstić information content (AvgIpc) is 2.87. The van der Waals surface area contributed by atoms with Crippen LogP contribution in [-0.4, -0.2) is 11.1 Å². The van der Waals surface area contributed by atoms with Crippen molar-refractivity contribution in [2.45, 2.75) is 56.8 Å². The Morgan fingerprint density at radius 3 is 2.00 bits per heavy atom. The lowest BCUT2D eigenvalue weighted by molar-refractivity contribution is -0.134. The van der Waals surface area contributed by atoms with Crippen molar-refractivity contribution in [2.24, 2.45) is 0 Å². The molecule has 3 aromatic rings. The lowest BCUT2D eigenvalue weighted by atomic mass is 10.0. The normalized spacial score (nSPS) is 10.5. The summed E-state index contributed by atoms with van der Waals surface area (Å²) in [6.07, 6.45) is 7.27. The van der Waals surface area contributed by atoms with Gasteiger partial charge in [-0.2, -0.15) is 5.26 Å². The second kappa shape index (κ2) is 13.4. The second-order valence-corrected chi connectivity index (χ2v) is 9.17. The van der Waals surface area contributed by atoms with E-state index in [-0.39, 0.29) is 11.1 Å². The number of carbonyl (C=O) groups excluding carboxylic acids is 2. The molecule has 0 saturated heterocycles. The summed E-state index contributed by atoms with van der Waals surface area (Å²) in [6, 6.07) is 23.9. The van der Waals surface area contributed by atoms with Crippen molar-refractivity contribution in [1.29, 1.82) is 5.26 Å². The smallest absolute Gasteiger partial charge is 0.311 e. The first-order valence-electron chi connectivity index (χ1n) is 11.7. The van der Waals surface area contributed by atoms with E-state index in [1.54, 1.807) is 36.4 Å². The van der Waals surface area contributed by atoms with Crippen molar-refractivity contribution in [3.8, 4) is 22.9 Å². The molecule has 5 heteroatoms. The zero-order valence-electron chi connectivity index (χ0n) is 19.5. The summed E-state index contributed by atoms with van der Waals surface area (Å²) in [5, 5.41) is 8.83. The zero-order chi connectivity index (χ0) is 24.2. The highest BCUT2D eigenvalue weighted by atomic mass is 32.2. The van der Waals surface area contributed by atoms with Gasteiger partial charge in [0, 0.05) is 16.9 Å². The van der Waals surface area contributed by atoms with E-state index in [4.69, 9.17) is 10.00 Å². The molecule has 4 nitrogen and oxygen atoms in total. The van der Waals surface area contributed by atoms with Gasteiger partial charge in [-0.05, 0) is 77.8 Å². The number of rotatable bonds is 11. The molecule has 34 heavy (non-hydrogen) atoms. The molecule has 0 N–H and O–H groups in total. The molecule has 174 valence electrons. The Labute approximate surface area is 206 Å². The van der Waals surface area contributed by atoms with Gasteiger partial charge in [-0.25, -0.2) is 0 Å². The third kappa shape index (κ3) is 7.90. The Morgan fingerprint density at radius 1 is 0.794 bits per heavy atom. The van der Waals surface area contributed by atoms with E-state index in [0.29, 0.717) is 23.3 Å². The zero-order valence-corrected chi connectivity index (χ0v) is 20.3. The van der Waals surface area contributed by atoms with E-state index in [9.17, 15) is 9.59 Å². The van der Waals surface area contributed by atoms with Crippen molar-refractivity contribution >= 4 is 22.8 Å². The minimum absolute atomic E-state index is 0.0520. The molecule has 0 amide bonds. The highest BCUT2D eigenvalue weighted by Crippen LogP contribution is 2.27. The van der Waals surface area contributed by atoms with E-state index in [1.807, 2.05) is 36.4 Å². The topological polar surface area (TPSA) is 67.2 Å². The first kappa shape index (κ1) is 25.3. The molecule has 0 radical (unpaired) electrons. The predicted octanol–water partition coefficient (Wildman–Crippen LogP) is 7.81. The van der Waals surface area contributed by atoms with Crippen molar-refractivity contribution in [1.82, 2.24) is 0 Å². The molecule has 0 aliphatic rings. The maximum atomic E-state index is 12.6. The highest BCUT2D eigenvalue weighted by Gasteiger charge is 2.10. The van der Waals surface area contributed by atoms with Crippen LogP contribution in [0.15, 0.2) is 77.7 Å². The van der Waals surface area contributed by atoms with Crippen LogP contribution in [0.2, 0.25) is 0 Å². The molecule has 0 heterocycles. The largest absolute Gasteiger partial charge is 0.427 e. The molecular formula is C29H29NO3S. The fourth-order valence-corrected chi connectivity index (χ4v) is 4.25. The van der Waals surface area contributed by atoms with Crippen LogP contribution in [0.5, 0.6) is 5.75 Å². The van der Waals surface area contributed by atoms with Crippen molar-refractivity contribution in [3.05, 3.63) is 83.9 Å². The van der Waals surface area contributed by atoms with Crippen LogP contribution in [-0.2, 0) is 4.79 Å². The Hall–Kier alpha value is -3.36. The molecule has 0 saturated carbocycles. The summed E-state index contributed by atoms with van der Waals surface area (Å²) in [4.78, 5) is 25.4. The minimum atomic E-state index is -0.189. The van der Waals surface area contributed by atoms with Crippen molar-refractivity contribution in [3.63, 3.8) is 0 Å². The van der Waals surface area contributed by atoms with Crippen LogP contribution in [0.25, 0.3) is 11.1 Å². The van der Waals surface area contributed by atoms with Gasteiger partial charge < -0.3 is 4.74 Å². The van der Waals surface area contributed by atoms with E-state index < -0.39 is 0 Å². The Bertz CT molecular complexity index is 1110. The monoisotopic (exact) mass is 471 g/mol. The van der Waals surface area contributed by atoms with Crippen LogP contribution < -0.4 is 4.74 Å². The highest BCUT2D eigenvalue weighted by molar-refractivity contribution is 8.14. The number of carbonyl (C=O) groups is 2. The SMILES string of the molecule is CCCCCCCCC(=O)Oc1ccc(-c2ccc(C(=O)Sc3ccc(C#N)cc3)cc2)cc1. The quantitative estimate of drug-likeness (QED) is 0.123. The lowest BCUT2D eigenvalue weighted by Crippen LogP contribution is -2.07. The lowest BCUT2D eigenvalue weighted by Gasteiger charge is -2.07. The Morgan fingerprint density at radius 2 is 1.38 bits per heavy atom. The number of benzene rings is 3. The van der Waals surface area contributed by atoms with Gasteiger partial charge in [-0.3, -0.25) is 9.59 Å². The number of hydrogen-bond donors (Lipinski definition) is 0. The first-order valence-corrected chi connectivity index (χ1v) is 12.5. The van der Waals surface area contributed by atoms with E-state index in [1.165, 1.54) is 25.7 Å². The van der Waals surface area contributed by atoms with Gasteiger partial charge in [-0.1, -0.05) is 63.3 Å². The predicted molar refractivity (Wildman–Crippen MR) is 137 cm³/mol. The van der Waals surface area contributed by atoms with Gasteiger partial charge in [0.1, 0.15) is 5.75 Å². The number of thioether (sulfide) groups is 1. The number of nitriles is 1. The summed E-state index contributed by atoms with van der Waals surface area (Å²) in [7, 11) is 0. The first-order chi connectivity index (χ1) is 16.6. The number of ether oxygens (including phenoxy) is 1. The Kier molecular flexibility index (Phi) is 9.94. The molecule has 0 aromatic heterocycles. The van der Waals surface area contributed by atoms with Gasteiger partial charge in [0.25, 0.3) is 0 Å². The molecule has 0 unspecified atom stereocenters. The van der Waals surface area contributed by atoms with Gasteiger partial charge in [0.05, 0.1) is 11.6 Å². The molecule has 0 atom stereocenters. The van der Waals surface area contributed by atoms with Gasteiger partial charge in [0.15, 0.2) is 0 Å². The van der Waals surface area contributed by atoms with Crippen molar-refractivity contribution in [2.75, 3.05) is 0 Å². The molecule has 0 spiro atoms. The Balaban J connectivity index is 1.50. The third-order valence-corrected chi connectivity index (χ3v) is 6.40. The molecule has 0 aliphatic heterocycles. The molecule has 3 aromatic carbocycles. The molecule has 0 aliphatic carbocycles. The number of hydrogen-bond acceptors (Lipinski definition) is 5. The fourth-order valence-electron chi connectivity index (χ4n) is 3.51. The van der Waals surface area contributed by atoms with Gasteiger partial charge in [-0.15, -0.1) is 0 Å². The summed E-state index contributed by atoms with van der Waals surface area (Å²) in [5.74, 6) is 0.358. The second-order valence-electron chi connectivity index (χ2n) is 8.12. The number of nitrogens with zero attached hydrogens (tertiary/aromatic N) is 1. The molecular weight excluding hydrogens is 442 g/mol. The summed E-state index contributed by atoms with van der Waals surface area (Å²) >= 11 is 1.14. The standard InChI is InChI=1S/C29H29NO3S/c1-2-3-4-5-6-7-8-28(31)33-26-17-15-24(16-18-26)23-11-13-25(14-12-23)29(32)34-27-19-9-22(21-30)10-20-27/h9-20H,2-8H2,1H3. The molecule has 3 rings (SSSR count). The summed E-state index contributed by atoms with van der Waals surface area (Å²) in [6.45, 7) is 2.19. The number of esters is 1. The van der Waals surface area contributed by atoms with Crippen molar-refractivity contribution < 1.29 is 14.3 Å². The fraction of sp³-hybridized carbons (Fsp3) is 0.276. The van der Waals surface area contributed by atoms with Crippen LogP contribution in [0.3, 0.4) is 0 Å². The summed E-state index contributed by atoms with van der Waals surface area (Å²) < 4.78 is 5.45. The maximum absolute atomic E-state index is 12.6. The van der Waals surface area contributed by atoms with E-state index in [2.05, 4.69) is 13.0 Å². The third-order valence-electron chi connectivity index (χ3n) is 5.47. The summed E-state index contributed by atoms with van der Waals surface area (Å²) in [5.41, 5.74) is 3.14. The molecule has 0 bridgehead atoms. The van der Waals surface area contributed by atoms with Crippen LogP contribution in [0.1, 0.15) is 67.8 Å². The molecule has 0 fully saturated rings. The van der Waals surface area contributed by atoms with Gasteiger partial charge in [0.2, 0.25) is 5.12 Å². The number of unbranched alkanes of at least 4 members (excludes halogenated alkanes) is 5.